The normalized spacial score (nSPS) is 17.5. The number of likely N-dealkylation sites (tertiary alicyclic amines) is 1. The van der Waals surface area contributed by atoms with Crippen LogP contribution in [0, 0.1) is 17.1 Å². The molecule has 2 aromatic heterocycles. The zero-order valence-corrected chi connectivity index (χ0v) is 24.5. The number of hydrogen-bond donors (Lipinski definition) is 2. The van der Waals surface area contributed by atoms with E-state index in [9.17, 15) is 10.1 Å². The van der Waals surface area contributed by atoms with Crippen molar-refractivity contribution >= 4 is 22.8 Å². The Labute approximate surface area is 254 Å². The lowest BCUT2D eigenvalue weighted by atomic mass is 9.98. The van der Waals surface area contributed by atoms with Crippen LogP contribution >= 0.6 is 0 Å². The predicted octanol–water partition coefficient (Wildman–Crippen LogP) is 4.21. The Bertz CT molecular complexity index is 1760. The molecule has 0 bridgehead atoms. The van der Waals surface area contributed by atoms with Crippen molar-refractivity contribution in [2.75, 3.05) is 25.5 Å². The molecule has 2 aromatic carbocycles. The molecule has 6 rings (SSSR count). The summed E-state index contributed by atoms with van der Waals surface area (Å²) in [6.07, 6.45) is 4.51. The topological polar surface area (TPSA) is 144 Å². The van der Waals surface area contributed by atoms with E-state index in [0.29, 0.717) is 54.4 Å². The first-order valence-electron chi connectivity index (χ1n) is 14.5. The highest BCUT2D eigenvalue weighted by Crippen LogP contribution is 2.35. The van der Waals surface area contributed by atoms with Crippen LogP contribution in [0.5, 0.6) is 11.5 Å². The van der Waals surface area contributed by atoms with Gasteiger partial charge in [-0.1, -0.05) is 18.2 Å². The Hall–Kier alpha value is -4.86. The summed E-state index contributed by atoms with van der Waals surface area (Å²) in [7, 11) is 0. The third-order valence-corrected chi connectivity index (χ3v) is 7.83. The van der Waals surface area contributed by atoms with Crippen LogP contribution < -0.4 is 15.8 Å². The molecule has 3 N–H and O–H groups in total. The Balaban J connectivity index is 1.27. The number of fused-ring (bicyclic) bond motifs is 1. The van der Waals surface area contributed by atoms with Gasteiger partial charge in [0.15, 0.2) is 5.65 Å². The van der Waals surface area contributed by atoms with E-state index < -0.39 is 11.4 Å². The molecular formula is C32H33FN8O3. The number of nitriles is 1. The Morgan fingerprint density at radius 2 is 2.02 bits per heavy atom. The summed E-state index contributed by atoms with van der Waals surface area (Å²) in [5.41, 5.74) is 6.71. The molecule has 2 aliphatic rings. The van der Waals surface area contributed by atoms with Crippen LogP contribution in [0.15, 0.2) is 66.5 Å². The second-order valence-electron chi connectivity index (χ2n) is 11.6. The molecule has 2 saturated heterocycles. The molecule has 0 radical (unpaired) electrons. The smallest absolute Gasteiger partial charge is 0.264 e. The van der Waals surface area contributed by atoms with E-state index in [1.165, 1.54) is 12.4 Å². The van der Waals surface area contributed by atoms with Crippen LogP contribution in [-0.4, -0.2) is 67.9 Å². The van der Waals surface area contributed by atoms with E-state index in [1.807, 2.05) is 32.0 Å². The fourth-order valence-electron chi connectivity index (χ4n) is 5.76. The van der Waals surface area contributed by atoms with Gasteiger partial charge in [-0.2, -0.15) is 10.4 Å². The molecular weight excluding hydrogens is 563 g/mol. The minimum atomic E-state index is -0.572. The number of rotatable bonds is 9. The van der Waals surface area contributed by atoms with Gasteiger partial charge in [-0.05, 0) is 57.0 Å². The molecule has 11 nitrogen and oxygen atoms in total. The first-order valence-corrected chi connectivity index (χ1v) is 14.5. The molecule has 4 aromatic rings. The number of benzene rings is 2. The number of hydrogen-bond acceptors (Lipinski definition) is 9. The quantitative estimate of drug-likeness (QED) is 0.214. The molecule has 44 heavy (non-hydrogen) atoms. The largest absolute Gasteiger partial charge is 0.457 e. The maximum atomic E-state index is 15.5. The van der Waals surface area contributed by atoms with Crippen molar-refractivity contribution in [3.8, 4) is 28.8 Å². The lowest BCUT2D eigenvalue weighted by Crippen LogP contribution is -2.54. The van der Waals surface area contributed by atoms with Crippen LogP contribution in [-0.2, 0) is 16.1 Å². The molecule has 4 heterocycles. The summed E-state index contributed by atoms with van der Waals surface area (Å²) in [5.74, 6) is 0.219. The average molecular weight is 597 g/mol. The van der Waals surface area contributed by atoms with E-state index in [1.54, 1.807) is 39.9 Å². The van der Waals surface area contributed by atoms with E-state index in [2.05, 4.69) is 21.4 Å². The Kier molecular flexibility index (Phi) is 7.99. The van der Waals surface area contributed by atoms with Crippen molar-refractivity contribution in [3.63, 3.8) is 0 Å². The van der Waals surface area contributed by atoms with E-state index in [0.717, 1.165) is 6.42 Å². The molecule has 0 aliphatic carbocycles. The van der Waals surface area contributed by atoms with Gasteiger partial charge in [-0.25, -0.2) is 19.0 Å². The van der Waals surface area contributed by atoms with Gasteiger partial charge < -0.3 is 25.4 Å². The van der Waals surface area contributed by atoms with Crippen molar-refractivity contribution in [1.29, 1.82) is 5.26 Å². The first-order chi connectivity index (χ1) is 21.2. The Morgan fingerprint density at radius 1 is 1.23 bits per heavy atom. The Morgan fingerprint density at radius 3 is 2.73 bits per heavy atom. The van der Waals surface area contributed by atoms with Gasteiger partial charge in [0.25, 0.3) is 5.91 Å². The lowest BCUT2D eigenvalue weighted by Gasteiger charge is -2.35. The molecule has 0 spiro atoms. The van der Waals surface area contributed by atoms with Gasteiger partial charge in [0.05, 0.1) is 37.2 Å². The third-order valence-electron chi connectivity index (χ3n) is 7.83. The molecule has 1 amide bonds. The van der Waals surface area contributed by atoms with Gasteiger partial charge in [-0.15, -0.1) is 0 Å². The summed E-state index contributed by atoms with van der Waals surface area (Å²) in [6.45, 7) is 5.86. The summed E-state index contributed by atoms with van der Waals surface area (Å²) < 4.78 is 28.2. The molecule has 12 heteroatoms. The van der Waals surface area contributed by atoms with Crippen molar-refractivity contribution in [2.24, 2.45) is 0 Å². The van der Waals surface area contributed by atoms with Crippen molar-refractivity contribution in [1.82, 2.24) is 30.0 Å². The number of carbonyl (C=O) groups is 1. The number of nitrogens with one attached hydrogen (secondary N) is 1. The zero-order valence-electron chi connectivity index (χ0n) is 24.5. The van der Waals surface area contributed by atoms with Crippen molar-refractivity contribution in [2.45, 2.75) is 50.9 Å². The number of halogens is 1. The van der Waals surface area contributed by atoms with Crippen molar-refractivity contribution in [3.05, 3.63) is 72.3 Å². The van der Waals surface area contributed by atoms with Crippen LogP contribution in [0.1, 0.15) is 26.7 Å². The van der Waals surface area contributed by atoms with Gasteiger partial charge >= 0.3 is 0 Å². The average Bonchev–Trinajstić information content (AvgIpc) is 3.60. The van der Waals surface area contributed by atoms with E-state index in [4.69, 9.17) is 20.3 Å². The van der Waals surface area contributed by atoms with Gasteiger partial charge in [0.1, 0.15) is 46.8 Å². The fraction of sp³-hybridized carbons (Fsp3) is 0.344. The van der Waals surface area contributed by atoms with Crippen LogP contribution in [0.2, 0.25) is 0 Å². The molecule has 0 saturated carbocycles. The highest BCUT2D eigenvalue weighted by Gasteiger charge is 2.34. The SMILES string of the molecule is CC(C)(/C=C(/C#N)C(=O)N1CCC[C@H]1Cn1nc(-c2ccc(Oc3ccccc3)cc2F)c2c(N)ncnc21)NC1COC1. The number of aromatic nitrogens is 4. The first kappa shape index (κ1) is 29.2. The third kappa shape index (κ3) is 5.97. The van der Waals surface area contributed by atoms with Crippen LogP contribution in [0.3, 0.4) is 0 Å². The molecule has 2 aliphatic heterocycles. The summed E-state index contributed by atoms with van der Waals surface area (Å²) in [5, 5.41) is 18.5. The number of nitrogens with two attached hydrogens (primary N) is 1. The monoisotopic (exact) mass is 596 g/mol. The minimum absolute atomic E-state index is 0.0760. The van der Waals surface area contributed by atoms with Crippen molar-refractivity contribution < 1.29 is 18.7 Å². The highest BCUT2D eigenvalue weighted by molar-refractivity contribution is 5.99. The number of carbonyl (C=O) groups excluding carboxylic acids is 1. The number of anilines is 1. The van der Waals surface area contributed by atoms with Crippen LogP contribution in [0.25, 0.3) is 22.3 Å². The van der Waals surface area contributed by atoms with Gasteiger partial charge in [-0.3, -0.25) is 4.79 Å². The predicted molar refractivity (Wildman–Crippen MR) is 162 cm³/mol. The summed E-state index contributed by atoms with van der Waals surface area (Å²) in [6, 6.07) is 15.7. The second-order valence-corrected chi connectivity index (χ2v) is 11.6. The molecule has 2 fully saturated rings. The highest BCUT2D eigenvalue weighted by atomic mass is 19.1. The number of amides is 1. The number of para-hydroxylation sites is 1. The van der Waals surface area contributed by atoms with Crippen LogP contribution in [0.4, 0.5) is 10.2 Å². The maximum absolute atomic E-state index is 15.5. The molecule has 0 unspecified atom stereocenters. The number of nitrogens with zero attached hydrogens (tertiary/aromatic N) is 6. The van der Waals surface area contributed by atoms with Gasteiger partial charge in [0.2, 0.25) is 0 Å². The lowest BCUT2D eigenvalue weighted by molar-refractivity contribution is -0.127. The standard InChI is InChI=1S/C32H33FN8O3/c1-32(2,38-21-17-43-18-21)14-20(15-34)31(42)40-12-6-7-22(40)16-41-30-27(29(35)36-19-37-30)28(39-41)25-11-10-24(13-26(25)33)44-23-8-4-3-5-9-23/h3-5,8-11,13-14,19,21-22,38H,6-7,12,16-18H2,1-2H3,(H2,35,36,37)/b20-14-/t22-/m0/s1. The maximum Gasteiger partial charge on any atom is 0.264 e. The molecule has 1 atom stereocenters. The van der Waals surface area contributed by atoms with E-state index >= 15 is 4.39 Å². The second kappa shape index (κ2) is 12.0. The minimum Gasteiger partial charge on any atom is -0.457 e. The van der Waals surface area contributed by atoms with Gasteiger partial charge in [0, 0.05) is 23.7 Å². The number of nitrogen functional groups attached to an aromatic ring is 1. The summed E-state index contributed by atoms with van der Waals surface area (Å²) >= 11 is 0. The van der Waals surface area contributed by atoms with E-state index in [-0.39, 0.29) is 41.5 Å². The summed E-state index contributed by atoms with van der Waals surface area (Å²) in [4.78, 5) is 23.9. The molecule has 226 valence electrons. The number of ether oxygens (including phenoxy) is 2. The zero-order chi connectivity index (χ0) is 30.8. The fourth-order valence-corrected chi connectivity index (χ4v) is 5.76.